The van der Waals surface area contributed by atoms with E-state index in [1.54, 1.807) is 0 Å². The van der Waals surface area contributed by atoms with Crippen molar-refractivity contribution >= 4 is 31.5 Å². The molecule has 17 heavy (non-hydrogen) atoms. The van der Waals surface area contributed by atoms with Crippen molar-refractivity contribution in [3.05, 3.63) is 35.9 Å². The van der Waals surface area contributed by atoms with E-state index in [9.17, 15) is 19.0 Å². The second-order valence-electron chi connectivity index (χ2n) is 3.65. The quantitative estimate of drug-likeness (QED) is 0.639. The van der Waals surface area contributed by atoms with E-state index in [0.29, 0.717) is 10.8 Å². The Bertz CT molecular complexity index is 687. The van der Waals surface area contributed by atoms with E-state index in [4.69, 9.17) is 0 Å². The zero-order chi connectivity index (χ0) is 12.2. The van der Waals surface area contributed by atoms with Gasteiger partial charge in [-0.25, -0.2) is 8.78 Å². The van der Waals surface area contributed by atoms with E-state index >= 15 is 0 Å². The highest BCUT2D eigenvalue weighted by atomic mass is 32.1. The first-order valence-corrected chi connectivity index (χ1v) is 5.62. The number of rotatable bonds is 0. The maximum atomic E-state index is 13.6. The fourth-order valence-corrected chi connectivity index (χ4v) is 2.99. The summed E-state index contributed by atoms with van der Waals surface area (Å²) in [6, 6.07) is 5.52. The van der Waals surface area contributed by atoms with Crippen LogP contribution >= 0.6 is 11.3 Å². The molecule has 0 amide bonds. The van der Waals surface area contributed by atoms with Gasteiger partial charge in [-0.2, -0.15) is 0 Å². The van der Waals surface area contributed by atoms with Gasteiger partial charge in [0.25, 0.3) is 0 Å². The molecule has 0 fully saturated rings. The molecular formula is C12H6F2O2S. The number of hydrogen-bond donors (Lipinski definition) is 2. The van der Waals surface area contributed by atoms with E-state index in [1.807, 2.05) is 0 Å². The Kier molecular flexibility index (Phi) is 2.00. The molecule has 0 saturated carbocycles. The molecule has 0 radical (unpaired) electrons. The molecule has 1 heterocycles. The number of phenolic OH excluding ortho intramolecular Hbond substituents is 2. The first-order chi connectivity index (χ1) is 8.09. The molecule has 86 valence electrons. The van der Waals surface area contributed by atoms with Gasteiger partial charge in [0.05, 0.1) is 9.40 Å². The lowest BCUT2D eigenvalue weighted by atomic mass is 10.1. The summed E-state index contributed by atoms with van der Waals surface area (Å²) < 4.78 is 27.7. The van der Waals surface area contributed by atoms with E-state index in [0.717, 1.165) is 11.3 Å². The molecule has 0 spiro atoms. The standard InChI is InChI=1S/C12H6F2O2S/c13-9-7(15)3-1-5-6-2-4-8(16)10(14)12(6)17-11(5)9/h1-4,15-16H. The van der Waals surface area contributed by atoms with Crippen LogP contribution in [-0.2, 0) is 0 Å². The number of fused-ring (bicyclic) bond motifs is 3. The zero-order valence-electron chi connectivity index (χ0n) is 8.37. The van der Waals surface area contributed by atoms with Crippen LogP contribution in [0, 0.1) is 11.6 Å². The SMILES string of the molecule is Oc1ccc2c(sc3c(F)c(O)ccc32)c1F. The normalized spacial score (nSPS) is 11.4. The largest absolute Gasteiger partial charge is 0.505 e. The summed E-state index contributed by atoms with van der Waals surface area (Å²) in [5.41, 5.74) is 0. The third-order valence-electron chi connectivity index (χ3n) is 2.65. The van der Waals surface area contributed by atoms with E-state index < -0.39 is 23.1 Å². The monoisotopic (exact) mass is 252 g/mol. The predicted octanol–water partition coefficient (Wildman–Crippen LogP) is 3.74. The molecule has 0 bridgehead atoms. The Morgan fingerprint density at radius 2 is 1.18 bits per heavy atom. The van der Waals surface area contributed by atoms with Crippen molar-refractivity contribution in [1.82, 2.24) is 0 Å². The maximum absolute atomic E-state index is 13.6. The molecule has 0 aliphatic rings. The van der Waals surface area contributed by atoms with Crippen molar-refractivity contribution in [2.45, 2.75) is 0 Å². The van der Waals surface area contributed by atoms with Crippen molar-refractivity contribution in [1.29, 1.82) is 0 Å². The van der Waals surface area contributed by atoms with Gasteiger partial charge in [-0.05, 0) is 24.3 Å². The summed E-state index contributed by atoms with van der Waals surface area (Å²) >= 11 is 0.873. The summed E-state index contributed by atoms with van der Waals surface area (Å²) in [5, 5.41) is 19.6. The number of benzene rings is 2. The van der Waals surface area contributed by atoms with E-state index in [1.165, 1.54) is 24.3 Å². The molecule has 0 unspecified atom stereocenters. The highest BCUT2D eigenvalue weighted by Gasteiger charge is 2.16. The van der Waals surface area contributed by atoms with Gasteiger partial charge >= 0.3 is 0 Å². The lowest BCUT2D eigenvalue weighted by Gasteiger charge is -1.96. The van der Waals surface area contributed by atoms with Crippen LogP contribution in [-0.4, -0.2) is 10.2 Å². The molecule has 2 aromatic carbocycles. The maximum Gasteiger partial charge on any atom is 0.182 e. The number of phenols is 2. The molecule has 3 aromatic rings. The van der Waals surface area contributed by atoms with Gasteiger partial charge in [0, 0.05) is 10.8 Å². The minimum atomic E-state index is -0.761. The van der Waals surface area contributed by atoms with Gasteiger partial charge < -0.3 is 10.2 Å². The molecule has 5 heteroatoms. The van der Waals surface area contributed by atoms with Crippen LogP contribution in [0.25, 0.3) is 20.2 Å². The fourth-order valence-electron chi connectivity index (χ4n) is 1.82. The van der Waals surface area contributed by atoms with Crippen LogP contribution in [0.1, 0.15) is 0 Å². The summed E-state index contributed by atoms with van der Waals surface area (Å²) in [7, 11) is 0. The Morgan fingerprint density at radius 1 is 0.765 bits per heavy atom. The average Bonchev–Trinajstić information content (AvgIpc) is 2.69. The Balaban J connectivity index is 2.58. The number of thiophene rings is 1. The molecule has 0 aliphatic heterocycles. The Labute approximate surface area is 98.4 Å². The fraction of sp³-hybridized carbons (Fsp3) is 0. The smallest absolute Gasteiger partial charge is 0.182 e. The van der Waals surface area contributed by atoms with Crippen LogP contribution in [0.5, 0.6) is 11.5 Å². The van der Waals surface area contributed by atoms with Crippen molar-refractivity contribution in [3.63, 3.8) is 0 Å². The molecule has 2 nitrogen and oxygen atoms in total. The van der Waals surface area contributed by atoms with Crippen molar-refractivity contribution < 1.29 is 19.0 Å². The van der Waals surface area contributed by atoms with Crippen LogP contribution < -0.4 is 0 Å². The molecule has 1 aromatic heterocycles. The van der Waals surface area contributed by atoms with Crippen molar-refractivity contribution in [2.75, 3.05) is 0 Å². The predicted molar refractivity (Wildman–Crippen MR) is 62.6 cm³/mol. The van der Waals surface area contributed by atoms with Crippen LogP contribution in [0.4, 0.5) is 8.78 Å². The average molecular weight is 252 g/mol. The minimum Gasteiger partial charge on any atom is -0.505 e. The number of hydrogen-bond acceptors (Lipinski definition) is 3. The lowest BCUT2D eigenvalue weighted by Crippen LogP contribution is -1.76. The third-order valence-corrected chi connectivity index (χ3v) is 3.85. The van der Waals surface area contributed by atoms with Gasteiger partial charge in [-0.15, -0.1) is 11.3 Å². The molecular weight excluding hydrogens is 246 g/mol. The molecule has 0 saturated heterocycles. The second-order valence-corrected chi connectivity index (χ2v) is 4.67. The molecule has 0 aliphatic carbocycles. The summed E-state index contributed by atoms with van der Waals surface area (Å²) in [5.74, 6) is -2.45. The topological polar surface area (TPSA) is 40.5 Å². The lowest BCUT2D eigenvalue weighted by molar-refractivity contribution is 0.436. The van der Waals surface area contributed by atoms with E-state index in [-0.39, 0.29) is 9.40 Å². The van der Waals surface area contributed by atoms with Gasteiger partial charge in [0.1, 0.15) is 0 Å². The third kappa shape index (κ3) is 1.29. The molecule has 3 rings (SSSR count). The summed E-state index contributed by atoms with van der Waals surface area (Å²) in [4.78, 5) is 0. The van der Waals surface area contributed by atoms with Crippen LogP contribution in [0.2, 0.25) is 0 Å². The van der Waals surface area contributed by atoms with Gasteiger partial charge in [0.15, 0.2) is 23.1 Å². The van der Waals surface area contributed by atoms with Crippen LogP contribution in [0.3, 0.4) is 0 Å². The first kappa shape index (κ1) is 10.3. The summed E-state index contributed by atoms with van der Waals surface area (Å²) in [6.07, 6.45) is 0. The van der Waals surface area contributed by atoms with Crippen molar-refractivity contribution in [3.8, 4) is 11.5 Å². The highest BCUT2D eigenvalue weighted by molar-refractivity contribution is 7.25. The Morgan fingerprint density at radius 3 is 1.59 bits per heavy atom. The zero-order valence-corrected chi connectivity index (χ0v) is 9.18. The summed E-state index contributed by atoms with van der Waals surface area (Å²) in [6.45, 7) is 0. The first-order valence-electron chi connectivity index (χ1n) is 4.80. The number of halogens is 2. The highest BCUT2D eigenvalue weighted by Crippen LogP contribution is 2.40. The Hall–Kier alpha value is -1.88. The second kappa shape index (κ2) is 3.30. The van der Waals surface area contributed by atoms with E-state index in [2.05, 4.69) is 0 Å². The molecule has 0 atom stereocenters. The van der Waals surface area contributed by atoms with Crippen LogP contribution in [0.15, 0.2) is 24.3 Å². The van der Waals surface area contributed by atoms with Gasteiger partial charge in [-0.3, -0.25) is 0 Å². The molecule has 2 N–H and O–H groups in total. The minimum absolute atomic E-state index is 0.185. The van der Waals surface area contributed by atoms with Crippen molar-refractivity contribution in [2.24, 2.45) is 0 Å². The van der Waals surface area contributed by atoms with Gasteiger partial charge in [-0.1, -0.05) is 0 Å². The number of aromatic hydroxyl groups is 2. The van der Waals surface area contributed by atoms with Gasteiger partial charge in [0.2, 0.25) is 0 Å².